The minimum Gasteiger partial charge on any atom is -0.548 e. The van der Waals surface area contributed by atoms with Crippen molar-refractivity contribution in [3.8, 4) is 0 Å². The Morgan fingerprint density at radius 3 is 2.09 bits per heavy atom. The number of rotatable bonds is 4. The maximum Gasteiger partial charge on any atom is 0.0952 e. The van der Waals surface area contributed by atoms with Gasteiger partial charge in [-0.3, -0.25) is 0 Å². The van der Waals surface area contributed by atoms with Gasteiger partial charge in [0.25, 0.3) is 0 Å². The Labute approximate surface area is 62.2 Å². The molecule has 0 bridgehead atoms. The van der Waals surface area contributed by atoms with Crippen molar-refractivity contribution in [2.75, 3.05) is 0 Å². The molecule has 0 spiro atoms. The predicted molar refractivity (Wildman–Crippen MR) is 28.6 cm³/mol. The summed E-state index contributed by atoms with van der Waals surface area (Å²) < 4.78 is 0. The molecule has 0 rings (SSSR count). The molecule has 2 atom stereocenters. The fourth-order valence-electron chi connectivity index (χ4n) is 0.433. The fraction of sp³-hybridized carbons (Fsp3) is 0.600. The lowest BCUT2D eigenvalue weighted by atomic mass is 10.1. The third-order valence-electron chi connectivity index (χ3n) is 1.05. The van der Waals surface area contributed by atoms with Crippen molar-refractivity contribution in [2.24, 2.45) is 5.73 Å². The molecule has 0 aliphatic heterocycles. The Balaban J connectivity index is 3.84. The van der Waals surface area contributed by atoms with Gasteiger partial charge in [0.15, 0.2) is 0 Å². The molecule has 0 aromatic carbocycles. The zero-order valence-electron chi connectivity index (χ0n) is 5.52. The smallest absolute Gasteiger partial charge is 0.0952 e. The van der Waals surface area contributed by atoms with Crippen LogP contribution in [0.5, 0.6) is 0 Å². The molecule has 0 saturated heterocycles. The highest BCUT2D eigenvalue weighted by atomic mass is 16.4. The number of nitrogens with two attached hydrogens (primary N) is 1. The van der Waals surface area contributed by atoms with Crippen LogP contribution in [0.25, 0.3) is 0 Å². The van der Waals surface area contributed by atoms with Crippen LogP contribution in [-0.2, 0) is 9.59 Å². The first kappa shape index (κ1) is 9.86. The van der Waals surface area contributed by atoms with Gasteiger partial charge in [-0.2, -0.15) is 0 Å². The number of hydrogen-bond donors (Lipinski definition) is 2. The second-order valence-corrected chi connectivity index (χ2v) is 2.00. The monoisotopic (exact) mass is 161 g/mol. The molecule has 0 aliphatic rings. The summed E-state index contributed by atoms with van der Waals surface area (Å²) in [7, 11) is 0. The molecule has 2 unspecified atom stereocenters. The van der Waals surface area contributed by atoms with Crippen LogP contribution in [0.3, 0.4) is 0 Å². The number of carbonyl (C=O) groups excluding carboxylic acids is 2. The average molecular weight is 161 g/mol. The Morgan fingerprint density at radius 1 is 1.36 bits per heavy atom. The Morgan fingerprint density at radius 2 is 1.82 bits per heavy atom. The van der Waals surface area contributed by atoms with E-state index in [2.05, 4.69) is 0 Å². The largest absolute Gasteiger partial charge is 0.548 e. The summed E-state index contributed by atoms with van der Waals surface area (Å²) in [5.41, 5.74) is 4.84. The maximum absolute atomic E-state index is 9.90. The minimum atomic E-state index is -1.86. The van der Waals surface area contributed by atoms with E-state index in [9.17, 15) is 19.8 Å². The number of aliphatic hydroxyl groups excluding tert-OH is 1. The van der Waals surface area contributed by atoms with Crippen LogP contribution in [0.4, 0.5) is 0 Å². The van der Waals surface area contributed by atoms with E-state index in [1.54, 1.807) is 0 Å². The number of carboxylic acids is 2. The summed E-state index contributed by atoms with van der Waals surface area (Å²) in [6, 6.07) is -1.48. The average Bonchev–Trinajstić information content (AvgIpc) is 1.87. The highest BCUT2D eigenvalue weighted by Gasteiger charge is 2.11. The van der Waals surface area contributed by atoms with E-state index in [0.717, 1.165) is 0 Å². The van der Waals surface area contributed by atoms with E-state index in [0.29, 0.717) is 0 Å². The van der Waals surface area contributed by atoms with Crippen molar-refractivity contribution < 1.29 is 24.9 Å². The molecule has 0 aromatic rings. The van der Waals surface area contributed by atoms with Gasteiger partial charge in [-0.25, -0.2) is 0 Å². The van der Waals surface area contributed by atoms with Crippen molar-refractivity contribution >= 4 is 11.9 Å². The van der Waals surface area contributed by atoms with E-state index < -0.39 is 30.5 Å². The van der Waals surface area contributed by atoms with Crippen molar-refractivity contribution in [1.29, 1.82) is 0 Å². The summed E-state index contributed by atoms with van der Waals surface area (Å²) in [4.78, 5) is 19.7. The topological polar surface area (TPSA) is 127 Å². The zero-order chi connectivity index (χ0) is 9.02. The van der Waals surface area contributed by atoms with Gasteiger partial charge in [-0.1, -0.05) is 0 Å². The van der Waals surface area contributed by atoms with E-state index in [1.165, 1.54) is 0 Å². The van der Waals surface area contributed by atoms with Crippen molar-refractivity contribution in [3.05, 3.63) is 0 Å². The standard InChI is InChI=1S/C5H9NO5/c6-2(4(8)9)1-3(7)5(10)11/h2-3,7H,1,6H2,(H,8,9)(H,10,11)/p-2. The van der Waals surface area contributed by atoms with Gasteiger partial charge >= 0.3 is 0 Å². The van der Waals surface area contributed by atoms with Gasteiger partial charge in [-0.05, 0) is 6.42 Å². The maximum atomic E-state index is 9.90. The summed E-state index contributed by atoms with van der Waals surface area (Å²) in [6.07, 6.45) is -2.46. The number of carbonyl (C=O) groups is 2. The van der Waals surface area contributed by atoms with Crippen LogP contribution in [-0.4, -0.2) is 29.2 Å². The minimum absolute atomic E-state index is 0.606. The Bertz CT molecular complexity index is 150. The van der Waals surface area contributed by atoms with E-state index in [-0.39, 0.29) is 0 Å². The van der Waals surface area contributed by atoms with Crippen LogP contribution < -0.4 is 15.9 Å². The molecule has 0 fully saturated rings. The first-order valence-electron chi connectivity index (χ1n) is 2.80. The number of carboxylic acid groups (broad SMARTS) is 2. The van der Waals surface area contributed by atoms with E-state index in [1.807, 2.05) is 0 Å². The predicted octanol–water partition coefficient (Wildman–Crippen LogP) is -4.44. The van der Waals surface area contributed by atoms with E-state index >= 15 is 0 Å². The molecule has 0 aromatic heterocycles. The molecule has 11 heavy (non-hydrogen) atoms. The quantitative estimate of drug-likeness (QED) is 0.428. The van der Waals surface area contributed by atoms with Gasteiger partial charge in [-0.15, -0.1) is 0 Å². The van der Waals surface area contributed by atoms with Crippen LogP contribution in [0, 0.1) is 0 Å². The molecule has 0 amide bonds. The van der Waals surface area contributed by atoms with Gasteiger partial charge < -0.3 is 30.6 Å². The number of hydrogen-bond acceptors (Lipinski definition) is 6. The molecule has 0 heterocycles. The molecular formula is C5H7NO5-2. The molecule has 6 nitrogen and oxygen atoms in total. The summed E-state index contributed by atoms with van der Waals surface area (Å²) in [5.74, 6) is -3.35. The summed E-state index contributed by atoms with van der Waals surface area (Å²) in [5, 5.41) is 28.2. The highest BCUT2D eigenvalue weighted by molar-refractivity contribution is 5.74. The van der Waals surface area contributed by atoms with Crippen LogP contribution in [0.2, 0.25) is 0 Å². The van der Waals surface area contributed by atoms with Crippen molar-refractivity contribution in [3.63, 3.8) is 0 Å². The number of aliphatic hydroxyl groups is 1. The second kappa shape index (κ2) is 3.89. The SMILES string of the molecule is NC(CC(O)C(=O)[O-])C(=O)[O-]. The Kier molecular flexibility index (Phi) is 3.49. The molecule has 64 valence electrons. The van der Waals surface area contributed by atoms with Gasteiger partial charge in [0.2, 0.25) is 0 Å². The Hall–Kier alpha value is -1.14. The second-order valence-electron chi connectivity index (χ2n) is 2.00. The molecule has 0 radical (unpaired) electrons. The molecular weight excluding hydrogens is 154 g/mol. The van der Waals surface area contributed by atoms with Crippen LogP contribution in [0.15, 0.2) is 0 Å². The molecule has 0 saturated carbocycles. The van der Waals surface area contributed by atoms with Crippen LogP contribution >= 0.6 is 0 Å². The van der Waals surface area contributed by atoms with Gasteiger partial charge in [0, 0.05) is 6.04 Å². The van der Waals surface area contributed by atoms with Gasteiger partial charge in [0.05, 0.1) is 18.0 Å². The van der Waals surface area contributed by atoms with E-state index in [4.69, 9.17) is 10.8 Å². The lowest BCUT2D eigenvalue weighted by Crippen LogP contribution is -2.47. The fourth-order valence-corrected chi connectivity index (χ4v) is 0.433. The molecule has 6 heteroatoms. The lowest BCUT2D eigenvalue weighted by molar-refractivity contribution is -0.316. The van der Waals surface area contributed by atoms with Crippen LogP contribution in [0.1, 0.15) is 6.42 Å². The highest BCUT2D eigenvalue weighted by Crippen LogP contribution is 1.93. The zero-order valence-corrected chi connectivity index (χ0v) is 5.52. The van der Waals surface area contributed by atoms with Gasteiger partial charge in [0.1, 0.15) is 0 Å². The molecule has 0 aliphatic carbocycles. The molecule has 3 N–H and O–H groups in total. The lowest BCUT2D eigenvalue weighted by Gasteiger charge is -2.17. The van der Waals surface area contributed by atoms with Crippen molar-refractivity contribution in [1.82, 2.24) is 0 Å². The third kappa shape index (κ3) is 3.54. The van der Waals surface area contributed by atoms with Crippen molar-refractivity contribution in [2.45, 2.75) is 18.6 Å². The first-order chi connectivity index (χ1) is 4.95. The summed E-state index contributed by atoms with van der Waals surface area (Å²) >= 11 is 0. The summed E-state index contributed by atoms with van der Waals surface area (Å²) in [6.45, 7) is 0. The number of aliphatic carboxylic acids is 2. The normalized spacial score (nSPS) is 15.5. The third-order valence-corrected chi connectivity index (χ3v) is 1.05. The first-order valence-corrected chi connectivity index (χ1v) is 2.80.